The number of nitrogens with zero attached hydrogens (tertiary/aromatic N) is 1. The lowest BCUT2D eigenvalue weighted by Crippen LogP contribution is -1.92. The maximum atomic E-state index is 10.9. The maximum Gasteiger partial charge on any atom is 0.150 e. The number of hydrogen-bond donors (Lipinski definition) is 0. The van der Waals surface area contributed by atoms with Crippen molar-refractivity contribution in [1.29, 1.82) is 0 Å². The van der Waals surface area contributed by atoms with Crippen LogP contribution in [0.15, 0.2) is 59.3 Å². The van der Waals surface area contributed by atoms with Gasteiger partial charge in [-0.1, -0.05) is 34.1 Å². The minimum atomic E-state index is 0.688. The molecule has 0 N–H and O–H groups in total. The van der Waals surface area contributed by atoms with Gasteiger partial charge in [0, 0.05) is 27.8 Å². The van der Waals surface area contributed by atoms with Gasteiger partial charge in [-0.05, 0) is 47.2 Å². The first-order valence-corrected chi connectivity index (χ1v) is 7.12. The molecular weight excluding hydrogens is 314 g/mol. The molecule has 0 aliphatic heterocycles. The van der Waals surface area contributed by atoms with Crippen molar-refractivity contribution in [1.82, 2.24) is 4.98 Å². The molecule has 0 amide bonds. The fraction of sp³-hybridized carbons (Fsp3) is 0.0588. The van der Waals surface area contributed by atoms with Crippen LogP contribution in [0.1, 0.15) is 21.5 Å². The van der Waals surface area contributed by atoms with Gasteiger partial charge in [0.05, 0.1) is 0 Å². The van der Waals surface area contributed by atoms with E-state index >= 15 is 0 Å². The van der Waals surface area contributed by atoms with Crippen LogP contribution in [-0.2, 0) is 6.42 Å². The Labute approximate surface area is 125 Å². The Morgan fingerprint density at radius 3 is 2.90 bits per heavy atom. The number of benzene rings is 2. The Hall–Kier alpha value is -2.00. The van der Waals surface area contributed by atoms with Crippen LogP contribution in [0.5, 0.6) is 0 Å². The lowest BCUT2D eigenvalue weighted by atomic mass is 9.99. The molecule has 0 saturated carbocycles. The van der Waals surface area contributed by atoms with E-state index in [1.165, 1.54) is 10.9 Å². The molecule has 0 atom stereocenters. The zero-order valence-corrected chi connectivity index (χ0v) is 12.3. The molecule has 2 aromatic carbocycles. The molecule has 3 aromatic rings. The second kappa shape index (κ2) is 5.55. The van der Waals surface area contributed by atoms with Crippen LogP contribution in [0, 0.1) is 0 Å². The van der Waals surface area contributed by atoms with Crippen molar-refractivity contribution in [3.8, 4) is 0 Å². The number of rotatable bonds is 3. The molecule has 0 aliphatic rings. The predicted molar refractivity (Wildman–Crippen MR) is 84.1 cm³/mol. The average molecular weight is 326 g/mol. The number of carbonyl (C=O) groups excluding carboxylic acids is 1. The topological polar surface area (TPSA) is 30.0 Å². The number of halogens is 1. The van der Waals surface area contributed by atoms with Crippen LogP contribution < -0.4 is 0 Å². The Morgan fingerprint density at radius 1 is 1.15 bits per heavy atom. The number of pyridine rings is 1. The normalized spacial score (nSPS) is 10.7. The number of hydrogen-bond acceptors (Lipinski definition) is 2. The highest BCUT2D eigenvalue weighted by molar-refractivity contribution is 9.10. The lowest BCUT2D eigenvalue weighted by Gasteiger charge is -2.07. The van der Waals surface area contributed by atoms with E-state index in [0.29, 0.717) is 5.56 Å². The van der Waals surface area contributed by atoms with Gasteiger partial charge in [-0.15, -0.1) is 0 Å². The fourth-order valence-electron chi connectivity index (χ4n) is 2.40. The Bertz CT molecular complexity index is 778. The first-order valence-electron chi connectivity index (χ1n) is 6.32. The second-order valence-corrected chi connectivity index (χ2v) is 5.62. The van der Waals surface area contributed by atoms with Gasteiger partial charge >= 0.3 is 0 Å². The third kappa shape index (κ3) is 2.63. The maximum absolute atomic E-state index is 10.9. The van der Waals surface area contributed by atoms with Crippen molar-refractivity contribution < 1.29 is 4.79 Å². The summed E-state index contributed by atoms with van der Waals surface area (Å²) >= 11 is 3.45. The summed E-state index contributed by atoms with van der Waals surface area (Å²) in [7, 11) is 0. The first kappa shape index (κ1) is 13.0. The molecule has 1 heterocycles. The number of fused-ring (bicyclic) bond motifs is 1. The van der Waals surface area contributed by atoms with E-state index in [-0.39, 0.29) is 0 Å². The van der Waals surface area contributed by atoms with E-state index < -0.39 is 0 Å². The molecule has 0 radical (unpaired) electrons. The van der Waals surface area contributed by atoms with E-state index in [0.717, 1.165) is 28.1 Å². The molecule has 3 heteroatoms. The highest BCUT2D eigenvalue weighted by Crippen LogP contribution is 2.22. The van der Waals surface area contributed by atoms with Crippen molar-refractivity contribution in [3.63, 3.8) is 0 Å². The molecule has 0 saturated heterocycles. The van der Waals surface area contributed by atoms with Gasteiger partial charge in [-0.2, -0.15) is 0 Å². The minimum absolute atomic E-state index is 0.688. The van der Waals surface area contributed by atoms with Gasteiger partial charge in [-0.3, -0.25) is 9.78 Å². The van der Waals surface area contributed by atoms with Crippen LogP contribution in [-0.4, -0.2) is 11.3 Å². The Kier molecular flexibility index (Phi) is 3.61. The van der Waals surface area contributed by atoms with E-state index in [1.54, 1.807) is 6.20 Å². The van der Waals surface area contributed by atoms with E-state index in [2.05, 4.69) is 39.1 Å². The lowest BCUT2D eigenvalue weighted by molar-refractivity contribution is 0.112. The highest BCUT2D eigenvalue weighted by Gasteiger charge is 2.04. The molecular formula is C17H12BrNO. The van der Waals surface area contributed by atoms with Gasteiger partial charge < -0.3 is 0 Å². The molecule has 2 nitrogen and oxygen atoms in total. The zero-order chi connectivity index (χ0) is 13.9. The number of carbonyl (C=O) groups is 1. The highest BCUT2D eigenvalue weighted by atomic mass is 79.9. The molecule has 0 bridgehead atoms. The fourth-order valence-corrected chi connectivity index (χ4v) is 2.95. The van der Waals surface area contributed by atoms with Crippen LogP contribution in [0.2, 0.25) is 0 Å². The van der Waals surface area contributed by atoms with Crippen molar-refractivity contribution in [3.05, 3.63) is 76.0 Å². The molecule has 98 valence electrons. The van der Waals surface area contributed by atoms with Gasteiger partial charge in [-0.25, -0.2) is 0 Å². The van der Waals surface area contributed by atoms with Crippen molar-refractivity contribution in [2.75, 3.05) is 0 Å². The van der Waals surface area contributed by atoms with Gasteiger partial charge in [0.25, 0.3) is 0 Å². The van der Waals surface area contributed by atoms with Crippen molar-refractivity contribution in [2.45, 2.75) is 6.42 Å². The summed E-state index contributed by atoms with van der Waals surface area (Å²) in [5.74, 6) is 0. The summed E-state index contributed by atoms with van der Waals surface area (Å²) in [5, 5.41) is 2.34. The summed E-state index contributed by atoms with van der Waals surface area (Å²) in [6, 6.07) is 14.0. The van der Waals surface area contributed by atoms with Gasteiger partial charge in [0.1, 0.15) is 6.29 Å². The van der Waals surface area contributed by atoms with E-state index in [4.69, 9.17) is 0 Å². The van der Waals surface area contributed by atoms with E-state index in [1.807, 2.05) is 30.5 Å². The number of aromatic nitrogens is 1. The largest absolute Gasteiger partial charge is 0.298 e. The monoisotopic (exact) mass is 325 g/mol. The third-order valence-electron chi connectivity index (χ3n) is 3.28. The Morgan fingerprint density at radius 2 is 2.05 bits per heavy atom. The first-order chi connectivity index (χ1) is 9.76. The van der Waals surface area contributed by atoms with Gasteiger partial charge in [0.2, 0.25) is 0 Å². The van der Waals surface area contributed by atoms with Crippen LogP contribution in [0.4, 0.5) is 0 Å². The Balaban J connectivity index is 2.05. The van der Waals surface area contributed by atoms with Gasteiger partial charge in [0.15, 0.2) is 0 Å². The summed E-state index contributed by atoms with van der Waals surface area (Å²) < 4.78 is 0.926. The minimum Gasteiger partial charge on any atom is -0.298 e. The molecule has 0 aliphatic carbocycles. The quantitative estimate of drug-likeness (QED) is 0.668. The summed E-state index contributed by atoms with van der Waals surface area (Å²) in [4.78, 5) is 15.1. The van der Waals surface area contributed by atoms with Crippen LogP contribution in [0.25, 0.3) is 10.8 Å². The number of aldehydes is 1. The third-order valence-corrected chi connectivity index (χ3v) is 3.74. The zero-order valence-electron chi connectivity index (χ0n) is 10.7. The summed E-state index contributed by atoms with van der Waals surface area (Å²) in [6.07, 6.45) is 5.35. The van der Waals surface area contributed by atoms with Crippen molar-refractivity contribution in [2.24, 2.45) is 0 Å². The molecule has 0 fully saturated rings. The van der Waals surface area contributed by atoms with E-state index in [9.17, 15) is 4.79 Å². The molecule has 1 aromatic heterocycles. The summed E-state index contributed by atoms with van der Waals surface area (Å²) in [5.41, 5.74) is 3.01. The predicted octanol–water partition coefficient (Wildman–Crippen LogP) is 4.40. The molecule has 3 rings (SSSR count). The average Bonchev–Trinajstić information content (AvgIpc) is 2.47. The standard InChI is InChI=1S/C17H12BrNO/c18-16-8-12(6-13(9-16)11-20)7-15-3-1-2-14-4-5-19-10-17(14)15/h1-6,8-11H,7H2. The van der Waals surface area contributed by atoms with Crippen LogP contribution >= 0.6 is 15.9 Å². The SMILES string of the molecule is O=Cc1cc(Br)cc(Cc2cccc3ccncc23)c1. The van der Waals surface area contributed by atoms with Crippen molar-refractivity contribution >= 4 is 33.0 Å². The second-order valence-electron chi connectivity index (χ2n) is 4.70. The molecule has 20 heavy (non-hydrogen) atoms. The molecule has 0 unspecified atom stereocenters. The van der Waals surface area contributed by atoms with Crippen LogP contribution in [0.3, 0.4) is 0 Å². The smallest absolute Gasteiger partial charge is 0.150 e. The molecule has 0 spiro atoms. The summed E-state index contributed by atoms with van der Waals surface area (Å²) in [6.45, 7) is 0.